The minimum absolute atomic E-state index is 0.136. The molecule has 10 nitrogen and oxygen atoms in total. The van der Waals surface area contributed by atoms with Crippen molar-refractivity contribution >= 4 is 23.6 Å². The maximum Gasteiger partial charge on any atom is 0.408 e. The summed E-state index contributed by atoms with van der Waals surface area (Å²) in [6, 6.07) is 20.3. The number of nitrogens with zero attached hydrogens (tertiary/aromatic N) is 2. The number of rotatable bonds is 7. The fourth-order valence-electron chi connectivity index (χ4n) is 5.61. The Labute approximate surface area is 280 Å². The fraction of sp³-hybridized carbons (Fsp3) is 0.316. The Morgan fingerprint density at radius 2 is 1.79 bits per heavy atom. The number of alkyl carbamates (subject to hydrolysis) is 1. The second-order valence-electron chi connectivity index (χ2n) is 12.9. The van der Waals surface area contributed by atoms with Crippen LogP contribution in [0.5, 0.6) is 5.75 Å². The SMILES string of the molecule is Cc1ccc(O)c(-c2[nH]ncc2C#Cc2ccc(NC(=O)[C@H]3CCCCN3C(=O)C(Cc3ccccc3)NC(=O)OC(C)(C)C)cc2)c1. The van der Waals surface area contributed by atoms with Crippen LogP contribution in [0.1, 0.15) is 62.3 Å². The van der Waals surface area contributed by atoms with E-state index in [-0.39, 0.29) is 24.0 Å². The van der Waals surface area contributed by atoms with E-state index in [0.29, 0.717) is 35.5 Å². The largest absolute Gasteiger partial charge is 0.507 e. The van der Waals surface area contributed by atoms with E-state index in [2.05, 4.69) is 32.7 Å². The molecule has 1 saturated heterocycles. The molecule has 2 atom stereocenters. The third-order valence-electron chi connectivity index (χ3n) is 7.91. The average molecular weight is 648 g/mol. The lowest BCUT2D eigenvalue weighted by Gasteiger charge is -2.37. The molecule has 0 saturated carbocycles. The van der Waals surface area contributed by atoms with Gasteiger partial charge in [0.2, 0.25) is 11.8 Å². The Bertz CT molecular complexity index is 1820. The van der Waals surface area contributed by atoms with Crippen LogP contribution < -0.4 is 10.6 Å². The minimum atomic E-state index is -0.904. The summed E-state index contributed by atoms with van der Waals surface area (Å²) in [6.45, 7) is 7.64. The van der Waals surface area contributed by atoms with Crippen molar-refractivity contribution in [2.24, 2.45) is 0 Å². The predicted octanol–water partition coefficient (Wildman–Crippen LogP) is 5.95. The molecule has 1 aliphatic heterocycles. The first-order valence-corrected chi connectivity index (χ1v) is 16.1. The number of phenolic OH excluding ortho intramolecular Hbond substituents is 1. The van der Waals surface area contributed by atoms with Crippen molar-refractivity contribution in [3.8, 4) is 28.8 Å². The maximum atomic E-state index is 14.0. The molecule has 48 heavy (non-hydrogen) atoms. The monoisotopic (exact) mass is 647 g/mol. The fourth-order valence-corrected chi connectivity index (χ4v) is 5.61. The van der Waals surface area contributed by atoms with Crippen LogP contribution in [0.25, 0.3) is 11.3 Å². The lowest BCUT2D eigenvalue weighted by atomic mass is 9.98. The Balaban J connectivity index is 1.28. The summed E-state index contributed by atoms with van der Waals surface area (Å²) in [6.07, 6.45) is 3.26. The van der Waals surface area contributed by atoms with Gasteiger partial charge in [-0.05, 0) is 88.9 Å². The van der Waals surface area contributed by atoms with E-state index in [4.69, 9.17) is 4.74 Å². The standard InChI is InChI=1S/C38H41N5O5/c1-25-13-20-33(44)30(22-25)34-28(24-39-42-34)17-14-26-15-18-29(19-16-26)40-35(45)32-12-8-9-21-43(32)36(46)31(23-27-10-6-5-7-11-27)41-37(47)48-38(2,3)4/h5-7,10-11,13,15-16,18-20,22,24,31-32,44H,8-9,12,21,23H2,1-4H3,(H,39,42)(H,40,45)(H,41,47)/t31?,32-/m1/s1. The van der Waals surface area contributed by atoms with Crippen molar-refractivity contribution < 1.29 is 24.2 Å². The Kier molecular flexibility index (Phi) is 10.5. The lowest BCUT2D eigenvalue weighted by molar-refractivity contribution is -0.142. The summed E-state index contributed by atoms with van der Waals surface area (Å²) in [4.78, 5) is 41.9. The van der Waals surface area contributed by atoms with E-state index in [9.17, 15) is 19.5 Å². The molecule has 5 rings (SSSR count). The van der Waals surface area contributed by atoms with Gasteiger partial charge in [-0.25, -0.2) is 4.79 Å². The van der Waals surface area contributed by atoms with Crippen LogP contribution in [0.4, 0.5) is 10.5 Å². The number of aromatic nitrogens is 2. The number of hydrogen-bond acceptors (Lipinski definition) is 6. The molecule has 1 aliphatic rings. The van der Waals surface area contributed by atoms with Crippen LogP contribution in [0.15, 0.2) is 79.0 Å². The number of H-pyrrole nitrogens is 1. The molecule has 248 valence electrons. The second-order valence-corrected chi connectivity index (χ2v) is 12.9. The van der Waals surface area contributed by atoms with E-state index in [1.54, 1.807) is 62.2 Å². The van der Waals surface area contributed by atoms with Crippen LogP contribution in [-0.4, -0.2) is 62.3 Å². The first kappa shape index (κ1) is 33.8. The van der Waals surface area contributed by atoms with Gasteiger partial charge in [0.1, 0.15) is 23.4 Å². The van der Waals surface area contributed by atoms with Crippen molar-refractivity contribution in [1.29, 1.82) is 0 Å². The van der Waals surface area contributed by atoms with Gasteiger partial charge in [0, 0.05) is 29.8 Å². The number of hydrogen-bond donors (Lipinski definition) is 4. The van der Waals surface area contributed by atoms with Gasteiger partial charge in [0.05, 0.1) is 17.5 Å². The number of aromatic hydroxyl groups is 1. The quantitative estimate of drug-likeness (QED) is 0.183. The van der Waals surface area contributed by atoms with E-state index < -0.39 is 23.8 Å². The Morgan fingerprint density at radius 3 is 2.52 bits per heavy atom. The van der Waals surface area contributed by atoms with Crippen molar-refractivity contribution in [3.05, 3.63) is 101 Å². The first-order chi connectivity index (χ1) is 23.0. The van der Waals surface area contributed by atoms with Gasteiger partial charge in [0.25, 0.3) is 0 Å². The molecule has 1 fully saturated rings. The predicted molar refractivity (Wildman–Crippen MR) is 184 cm³/mol. The number of piperidine rings is 1. The highest BCUT2D eigenvalue weighted by molar-refractivity contribution is 5.98. The molecule has 4 aromatic rings. The third-order valence-corrected chi connectivity index (χ3v) is 7.91. The number of nitrogens with one attached hydrogen (secondary N) is 3. The Hall–Kier alpha value is -5.56. The van der Waals surface area contributed by atoms with Crippen LogP contribution in [0.3, 0.4) is 0 Å². The number of amides is 3. The van der Waals surface area contributed by atoms with Crippen LogP contribution in [-0.2, 0) is 20.7 Å². The van der Waals surface area contributed by atoms with Gasteiger partial charge in [-0.1, -0.05) is 53.8 Å². The van der Waals surface area contributed by atoms with E-state index in [0.717, 1.165) is 29.5 Å². The van der Waals surface area contributed by atoms with Crippen LogP contribution >= 0.6 is 0 Å². The minimum Gasteiger partial charge on any atom is -0.507 e. The van der Waals surface area contributed by atoms with Crippen molar-refractivity contribution in [2.45, 2.75) is 71.1 Å². The number of carbonyl (C=O) groups is 3. The molecule has 3 amide bonds. The van der Waals surface area contributed by atoms with E-state index in [1.165, 1.54) is 0 Å². The summed E-state index contributed by atoms with van der Waals surface area (Å²) in [7, 11) is 0. The molecular weight excluding hydrogens is 606 g/mol. The third kappa shape index (κ3) is 8.82. The van der Waals surface area contributed by atoms with Crippen LogP contribution in [0.2, 0.25) is 0 Å². The number of benzene rings is 3. The number of ether oxygens (including phenoxy) is 1. The molecule has 2 heterocycles. The number of likely N-dealkylation sites (tertiary alicyclic amines) is 1. The van der Waals surface area contributed by atoms with Crippen LogP contribution in [0, 0.1) is 18.8 Å². The zero-order chi connectivity index (χ0) is 34.3. The van der Waals surface area contributed by atoms with Gasteiger partial charge in [0.15, 0.2) is 0 Å². The maximum absolute atomic E-state index is 14.0. The lowest BCUT2D eigenvalue weighted by Crippen LogP contribution is -2.57. The zero-order valence-corrected chi connectivity index (χ0v) is 27.7. The molecule has 0 radical (unpaired) electrons. The first-order valence-electron chi connectivity index (χ1n) is 16.1. The number of aryl methyl sites for hydroxylation is 1. The number of phenols is 1. The molecule has 1 aromatic heterocycles. The number of anilines is 1. The number of carbonyl (C=O) groups excluding carboxylic acids is 3. The summed E-state index contributed by atoms with van der Waals surface area (Å²) in [5.41, 5.74) is 4.34. The van der Waals surface area contributed by atoms with Gasteiger partial charge < -0.3 is 25.4 Å². The molecule has 1 unspecified atom stereocenters. The summed E-state index contributed by atoms with van der Waals surface area (Å²) in [5, 5.41) is 23.1. The highest BCUT2D eigenvalue weighted by Crippen LogP contribution is 2.30. The average Bonchev–Trinajstić information content (AvgIpc) is 3.53. The van der Waals surface area contributed by atoms with Crippen molar-refractivity contribution in [2.75, 3.05) is 11.9 Å². The molecule has 0 aliphatic carbocycles. The highest BCUT2D eigenvalue weighted by Gasteiger charge is 2.36. The number of aromatic amines is 1. The summed E-state index contributed by atoms with van der Waals surface area (Å²) >= 11 is 0. The van der Waals surface area contributed by atoms with Crippen molar-refractivity contribution in [1.82, 2.24) is 20.4 Å². The summed E-state index contributed by atoms with van der Waals surface area (Å²) in [5.74, 6) is 5.75. The van der Waals surface area contributed by atoms with Gasteiger partial charge in [-0.15, -0.1) is 0 Å². The molecule has 10 heteroatoms. The second kappa shape index (κ2) is 14.9. The molecule has 0 spiro atoms. The molecule has 4 N–H and O–H groups in total. The molecular formula is C38H41N5O5. The topological polar surface area (TPSA) is 137 Å². The zero-order valence-electron chi connectivity index (χ0n) is 27.7. The van der Waals surface area contributed by atoms with Gasteiger partial charge in [-0.3, -0.25) is 14.7 Å². The van der Waals surface area contributed by atoms with Gasteiger partial charge >= 0.3 is 6.09 Å². The molecule has 0 bridgehead atoms. The highest BCUT2D eigenvalue weighted by atomic mass is 16.6. The molecule has 3 aromatic carbocycles. The normalized spacial score (nSPS) is 15.1. The Morgan fingerprint density at radius 1 is 1.04 bits per heavy atom. The van der Waals surface area contributed by atoms with Crippen molar-refractivity contribution in [3.63, 3.8) is 0 Å². The van der Waals surface area contributed by atoms with E-state index >= 15 is 0 Å². The summed E-state index contributed by atoms with van der Waals surface area (Å²) < 4.78 is 5.46. The van der Waals surface area contributed by atoms with E-state index in [1.807, 2.05) is 49.4 Å². The van der Waals surface area contributed by atoms with Gasteiger partial charge in [-0.2, -0.15) is 5.10 Å². The smallest absolute Gasteiger partial charge is 0.408 e.